The molecule has 0 N–H and O–H groups in total. The number of aryl methyl sites for hydroxylation is 1. The van der Waals surface area contributed by atoms with Crippen molar-refractivity contribution in [3.63, 3.8) is 0 Å². The van der Waals surface area contributed by atoms with Gasteiger partial charge in [-0.3, -0.25) is 9.36 Å². The van der Waals surface area contributed by atoms with Crippen molar-refractivity contribution in [3.8, 4) is 11.5 Å². The fraction of sp³-hybridized carbons (Fsp3) is 0.296. The molecule has 2 heterocycles. The highest BCUT2D eigenvalue weighted by Crippen LogP contribution is 2.35. The third-order valence-electron chi connectivity index (χ3n) is 5.75. The van der Waals surface area contributed by atoms with Gasteiger partial charge in [-0.2, -0.15) is 0 Å². The molecule has 0 aliphatic carbocycles. The number of esters is 1. The Balaban J connectivity index is 1.98. The molecular weight excluding hydrogens is 544 g/mol. The molecule has 0 saturated heterocycles. The van der Waals surface area contributed by atoms with Gasteiger partial charge in [0.15, 0.2) is 16.3 Å². The van der Waals surface area contributed by atoms with Gasteiger partial charge in [0, 0.05) is 10.0 Å². The van der Waals surface area contributed by atoms with Gasteiger partial charge in [-0.05, 0) is 51.5 Å². The zero-order valence-electron chi connectivity index (χ0n) is 20.8. The molecule has 188 valence electrons. The van der Waals surface area contributed by atoms with Gasteiger partial charge in [-0.1, -0.05) is 57.1 Å². The number of hydrogen-bond acceptors (Lipinski definition) is 7. The maximum Gasteiger partial charge on any atom is 0.338 e. The number of allylic oxidation sites excluding steroid dienone is 1. The summed E-state index contributed by atoms with van der Waals surface area (Å²) in [6.45, 7) is 8.08. The molecule has 0 spiro atoms. The number of aromatic nitrogens is 1. The van der Waals surface area contributed by atoms with Crippen LogP contribution in [0.4, 0.5) is 0 Å². The van der Waals surface area contributed by atoms with E-state index in [9.17, 15) is 9.59 Å². The fourth-order valence-electron chi connectivity index (χ4n) is 4.14. The summed E-state index contributed by atoms with van der Waals surface area (Å²) >= 11 is 4.77. The van der Waals surface area contributed by atoms with E-state index in [2.05, 4.69) is 20.9 Å². The van der Waals surface area contributed by atoms with Gasteiger partial charge in [-0.25, -0.2) is 9.79 Å². The molecule has 2 aromatic carbocycles. The Bertz CT molecular complexity index is 1520. The van der Waals surface area contributed by atoms with Crippen molar-refractivity contribution in [1.82, 2.24) is 4.57 Å². The van der Waals surface area contributed by atoms with Gasteiger partial charge in [0.25, 0.3) is 5.56 Å². The first-order valence-electron chi connectivity index (χ1n) is 11.6. The predicted molar refractivity (Wildman–Crippen MR) is 143 cm³/mol. The molecular formula is C27H27BrN2O5S. The second kappa shape index (κ2) is 10.8. The van der Waals surface area contributed by atoms with Crippen LogP contribution in [0.25, 0.3) is 6.08 Å². The van der Waals surface area contributed by atoms with Crippen LogP contribution >= 0.6 is 27.3 Å². The summed E-state index contributed by atoms with van der Waals surface area (Å²) in [5.74, 6) is 0.629. The first-order valence-corrected chi connectivity index (χ1v) is 13.2. The van der Waals surface area contributed by atoms with E-state index in [-0.39, 0.29) is 12.2 Å². The lowest BCUT2D eigenvalue weighted by Crippen LogP contribution is -2.39. The largest absolute Gasteiger partial charge is 0.493 e. The molecule has 4 rings (SSSR count). The molecule has 9 heteroatoms. The Morgan fingerprint density at radius 3 is 2.53 bits per heavy atom. The lowest BCUT2D eigenvalue weighted by molar-refractivity contribution is -0.139. The minimum atomic E-state index is -0.647. The fourth-order valence-corrected chi connectivity index (χ4v) is 5.64. The zero-order valence-corrected chi connectivity index (χ0v) is 23.2. The van der Waals surface area contributed by atoms with Gasteiger partial charge in [-0.15, -0.1) is 0 Å². The Morgan fingerprint density at radius 1 is 1.17 bits per heavy atom. The normalized spacial score (nSPS) is 15.4. The van der Waals surface area contributed by atoms with E-state index in [4.69, 9.17) is 14.2 Å². The topological polar surface area (TPSA) is 79.1 Å². The van der Waals surface area contributed by atoms with Crippen LogP contribution in [-0.4, -0.2) is 30.9 Å². The molecule has 0 saturated carbocycles. The second-order valence-electron chi connectivity index (χ2n) is 8.17. The van der Waals surface area contributed by atoms with Crippen molar-refractivity contribution in [2.75, 3.05) is 20.3 Å². The van der Waals surface area contributed by atoms with Crippen molar-refractivity contribution >= 4 is 39.3 Å². The SMILES string of the molecule is CCOC(=O)C1=C(C)N=c2s/c(=C\c3cc(Br)cc(OC)c3OCC)c(=O)n2[C@H]1c1ccc(C)cc1. The third kappa shape index (κ3) is 4.90. The minimum Gasteiger partial charge on any atom is -0.493 e. The molecule has 3 aromatic rings. The van der Waals surface area contributed by atoms with E-state index < -0.39 is 12.0 Å². The van der Waals surface area contributed by atoms with Crippen molar-refractivity contribution < 1.29 is 19.0 Å². The maximum absolute atomic E-state index is 13.8. The summed E-state index contributed by atoms with van der Waals surface area (Å²) in [5, 5.41) is 0. The van der Waals surface area contributed by atoms with Crippen molar-refractivity contribution in [2.24, 2.45) is 4.99 Å². The Labute approximate surface area is 221 Å². The number of carbonyl (C=O) groups excluding carboxylic acids is 1. The number of ether oxygens (including phenoxy) is 3. The molecule has 36 heavy (non-hydrogen) atoms. The molecule has 1 aromatic heterocycles. The Morgan fingerprint density at radius 2 is 1.89 bits per heavy atom. The van der Waals surface area contributed by atoms with Crippen LogP contribution in [0, 0.1) is 6.92 Å². The number of methoxy groups -OCH3 is 1. The number of thiazole rings is 1. The smallest absolute Gasteiger partial charge is 0.338 e. The van der Waals surface area contributed by atoms with E-state index in [1.54, 1.807) is 31.6 Å². The van der Waals surface area contributed by atoms with E-state index >= 15 is 0 Å². The number of halogens is 1. The highest BCUT2D eigenvalue weighted by atomic mass is 79.9. The lowest BCUT2D eigenvalue weighted by Gasteiger charge is -2.24. The highest BCUT2D eigenvalue weighted by Gasteiger charge is 2.33. The standard InChI is InChI=1S/C27H27BrN2O5S/c1-6-34-24-18(12-19(28)14-20(24)33-5)13-21-25(31)30-23(17-10-8-15(3)9-11-17)22(26(32)35-7-2)16(4)29-27(30)36-21/h8-14,23H,6-7H2,1-5H3/b21-13-/t23-/m0/s1. The first kappa shape index (κ1) is 25.9. The average Bonchev–Trinajstić information content (AvgIpc) is 3.14. The number of rotatable bonds is 7. The van der Waals surface area contributed by atoms with Crippen LogP contribution in [-0.2, 0) is 9.53 Å². The van der Waals surface area contributed by atoms with Crippen LogP contribution in [0.3, 0.4) is 0 Å². The number of fused-ring (bicyclic) bond motifs is 1. The van der Waals surface area contributed by atoms with E-state index in [1.165, 1.54) is 11.3 Å². The molecule has 1 aliphatic heterocycles. The van der Waals surface area contributed by atoms with Crippen molar-refractivity contribution in [2.45, 2.75) is 33.7 Å². The molecule has 1 atom stereocenters. The van der Waals surface area contributed by atoms with Gasteiger partial charge in [0.1, 0.15) is 0 Å². The summed E-state index contributed by atoms with van der Waals surface area (Å²) < 4.78 is 19.5. The summed E-state index contributed by atoms with van der Waals surface area (Å²) in [7, 11) is 1.57. The summed E-state index contributed by atoms with van der Waals surface area (Å²) in [6.07, 6.45) is 1.78. The van der Waals surface area contributed by atoms with Crippen LogP contribution in [0.2, 0.25) is 0 Å². The molecule has 1 aliphatic rings. The number of hydrogen-bond donors (Lipinski definition) is 0. The van der Waals surface area contributed by atoms with Crippen LogP contribution in [0.5, 0.6) is 11.5 Å². The quantitative estimate of drug-likeness (QED) is 0.396. The number of carbonyl (C=O) groups is 1. The van der Waals surface area contributed by atoms with Crippen LogP contribution < -0.4 is 24.4 Å². The van der Waals surface area contributed by atoms with E-state index in [1.807, 2.05) is 50.2 Å². The molecule has 0 fully saturated rings. The monoisotopic (exact) mass is 570 g/mol. The van der Waals surface area contributed by atoms with Gasteiger partial charge < -0.3 is 14.2 Å². The number of benzene rings is 2. The zero-order chi connectivity index (χ0) is 26.0. The second-order valence-corrected chi connectivity index (χ2v) is 10.1. The molecule has 0 unspecified atom stereocenters. The molecule has 0 bridgehead atoms. The lowest BCUT2D eigenvalue weighted by atomic mass is 9.95. The summed E-state index contributed by atoms with van der Waals surface area (Å²) in [4.78, 5) is 32.0. The Kier molecular flexibility index (Phi) is 7.80. The first-order chi connectivity index (χ1) is 17.3. The summed E-state index contributed by atoms with van der Waals surface area (Å²) in [5.41, 5.74) is 3.23. The molecule has 7 nitrogen and oxygen atoms in total. The van der Waals surface area contributed by atoms with Crippen LogP contribution in [0.15, 0.2) is 61.9 Å². The molecule has 0 amide bonds. The summed E-state index contributed by atoms with van der Waals surface area (Å²) in [6, 6.07) is 10.8. The molecule has 0 radical (unpaired) electrons. The van der Waals surface area contributed by atoms with Crippen molar-refractivity contribution in [3.05, 3.63) is 88.5 Å². The van der Waals surface area contributed by atoms with Gasteiger partial charge in [0.05, 0.1) is 42.2 Å². The highest BCUT2D eigenvalue weighted by molar-refractivity contribution is 9.10. The third-order valence-corrected chi connectivity index (χ3v) is 7.19. The minimum absolute atomic E-state index is 0.228. The Hall–Kier alpha value is -3.17. The van der Waals surface area contributed by atoms with Crippen LogP contribution in [0.1, 0.15) is 43.5 Å². The van der Waals surface area contributed by atoms with E-state index in [0.29, 0.717) is 44.3 Å². The average molecular weight is 571 g/mol. The number of nitrogens with zero attached hydrogens (tertiary/aromatic N) is 2. The maximum atomic E-state index is 13.8. The van der Waals surface area contributed by atoms with Gasteiger partial charge >= 0.3 is 5.97 Å². The predicted octanol–water partition coefficient (Wildman–Crippen LogP) is 4.28. The van der Waals surface area contributed by atoms with Gasteiger partial charge in [0.2, 0.25) is 0 Å². The van der Waals surface area contributed by atoms with E-state index in [0.717, 1.165) is 15.6 Å². The van der Waals surface area contributed by atoms with Crippen molar-refractivity contribution in [1.29, 1.82) is 0 Å².